The molecular weight excluding hydrogens is 1410 g/mol. The Labute approximate surface area is 563 Å². The van der Waals surface area contributed by atoms with Gasteiger partial charge in [0.15, 0.2) is 46.6 Å². The number of nitrogens with one attached hydrogen (secondary N) is 4. The number of benzene rings is 8. The maximum Gasteiger partial charge on any atom is 2.00 e. The average molecular weight is 1440 g/mol. The topological polar surface area (TPSA) is 401 Å². The molecule has 26 nitrogen and oxygen atoms in total. The average Bonchev–Trinajstić information content (AvgIpc) is 1.64. The van der Waals surface area contributed by atoms with E-state index in [0.29, 0.717) is 90.4 Å². The van der Waals surface area contributed by atoms with E-state index in [2.05, 4.69) is 19.9 Å². The van der Waals surface area contributed by atoms with Crippen molar-refractivity contribution in [3.05, 3.63) is 170 Å². The fraction of sp³-hybridized carbons (Fsp3) is 0. The summed E-state index contributed by atoms with van der Waals surface area (Å²) in [4.78, 5) is 66.2. The van der Waals surface area contributed by atoms with Crippen molar-refractivity contribution in [2.75, 3.05) is 0 Å². The molecular formula is C64H32Cl2N16NiO10S4. The van der Waals surface area contributed by atoms with Crippen LogP contribution in [0.2, 0.25) is 0 Å². The monoisotopic (exact) mass is 1440 g/mol. The second-order valence-electron chi connectivity index (χ2n) is 21.9. The third kappa shape index (κ3) is 10.2. The first-order valence-corrected chi connectivity index (χ1v) is 35.9. The van der Waals surface area contributed by atoms with Crippen molar-refractivity contribution in [3.8, 4) is 91.1 Å². The van der Waals surface area contributed by atoms with Crippen molar-refractivity contribution < 1.29 is 59.3 Å². The molecule has 476 valence electrons. The zero-order valence-electron chi connectivity index (χ0n) is 48.3. The van der Waals surface area contributed by atoms with E-state index in [1.807, 2.05) is 121 Å². The first-order valence-electron chi connectivity index (χ1n) is 28.4. The van der Waals surface area contributed by atoms with Crippen molar-refractivity contribution in [1.29, 1.82) is 0 Å². The number of H-pyrrole nitrogens is 4. The minimum atomic E-state index is -5.30. The van der Waals surface area contributed by atoms with E-state index in [1.165, 1.54) is 12.1 Å². The normalized spacial score (nSPS) is 12.6. The van der Waals surface area contributed by atoms with E-state index < -0.39 is 57.9 Å². The van der Waals surface area contributed by atoms with Crippen LogP contribution in [0.4, 0.5) is 0 Å². The van der Waals surface area contributed by atoms with Crippen LogP contribution in [-0.4, -0.2) is 123 Å². The number of aromatic amines is 4. The molecule has 0 fully saturated rings. The molecule has 0 saturated carbocycles. The van der Waals surface area contributed by atoms with E-state index in [4.69, 9.17) is 81.2 Å². The quantitative estimate of drug-likeness (QED) is 0.0722. The summed E-state index contributed by atoms with van der Waals surface area (Å²) in [6.07, 6.45) is 0. The fourth-order valence-corrected chi connectivity index (χ4v) is 17.4. The van der Waals surface area contributed by atoms with E-state index in [9.17, 15) is 42.8 Å². The Balaban J connectivity index is 0.000000151. The summed E-state index contributed by atoms with van der Waals surface area (Å²) in [5.41, 5.74) is 6.94. The van der Waals surface area contributed by atoms with E-state index in [-0.39, 0.29) is 83.9 Å². The molecule has 16 bridgehead atoms. The van der Waals surface area contributed by atoms with E-state index >= 15 is 0 Å². The molecule has 10 heterocycles. The zero-order valence-corrected chi connectivity index (χ0v) is 54.1. The number of fused-ring (bicyclic) bond motifs is 40. The molecule has 4 aliphatic rings. The van der Waals surface area contributed by atoms with Crippen LogP contribution < -0.4 is 0 Å². The summed E-state index contributed by atoms with van der Waals surface area (Å²) in [7, 11) is -8.61. The number of nitrogens with zero attached hydrogens (tertiary/aromatic N) is 12. The molecule has 6 aromatic heterocycles. The van der Waals surface area contributed by atoms with Gasteiger partial charge in [-0.25, -0.2) is 93.5 Å². The number of hydrogen-bond acceptors (Lipinski definition) is 22. The van der Waals surface area contributed by atoms with Crippen molar-refractivity contribution in [2.45, 2.75) is 19.6 Å². The standard InChI is InChI=1S/2C32H17ClN8O5S2.Ni/c2*33-47(42,43)24-22(48(44,45)46)14-13-21-23(24)32-40-30-20-12-6-5-11-19(20)28(38-30)36-26-16-8-2-1-7-15(16)25(34-26)35-27-17-9-3-4-10-18(17)29(37-27)39-31(21)41-32;/h2*1-14H,(H,44,45,46)(H2,34,35,36,37,38,39,40,41);/q;;+2/p-2. The Morgan fingerprint density at radius 1 is 0.258 bits per heavy atom. The van der Waals surface area contributed by atoms with E-state index in [0.717, 1.165) is 33.7 Å². The SMILES string of the molecule is O=S(=O)([O-])c1ccc2c3nc4nc(nc5[nH]c(nc6nc(nc([nH]3)c2c1S(=O)(=O)Cl)-c1ccccc1-6)c1ccccc51)-c1ccccc1-4.O=S(=O)([O-])c1ccc2c3nc4nc(nc5[nH]c(nc6nc(nc([nH]3)c2c1S(=O)(=O)Cl)-c1ccccc1-6)c1ccccc51)-c1ccccc1-4.[Ni+2]. The molecule has 0 amide bonds. The summed E-state index contributed by atoms with van der Waals surface area (Å²) in [6, 6.07) is 48.6. The summed E-state index contributed by atoms with van der Waals surface area (Å²) < 4.78 is 126. The van der Waals surface area contributed by atoms with Gasteiger partial charge in [0.25, 0.3) is 18.1 Å². The van der Waals surface area contributed by atoms with E-state index in [1.54, 1.807) is 24.3 Å². The Morgan fingerprint density at radius 3 is 0.670 bits per heavy atom. The van der Waals surface area contributed by atoms with Gasteiger partial charge in [0, 0.05) is 109 Å². The molecule has 0 saturated heterocycles. The molecule has 8 aromatic carbocycles. The number of rotatable bonds is 4. The molecule has 97 heavy (non-hydrogen) atoms. The summed E-state index contributed by atoms with van der Waals surface area (Å²) in [5, 5.41) is 2.93. The Bertz CT molecular complexity index is 6360. The first kappa shape index (κ1) is 61.2. The van der Waals surface area contributed by atoms with Crippen LogP contribution in [0, 0.1) is 0 Å². The zero-order chi connectivity index (χ0) is 65.9. The van der Waals surface area contributed by atoms with Gasteiger partial charge < -0.3 is 29.0 Å². The van der Waals surface area contributed by atoms with Crippen molar-refractivity contribution >= 4 is 148 Å². The van der Waals surface area contributed by atoms with Crippen LogP contribution in [-0.2, 0) is 54.8 Å². The van der Waals surface area contributed by atoms with Crippen LogP contribution in [0.3, 0.4) is 0 Å². The Kier molecular flexibility index (Phi) is 14.0. The van der Waals surface area contributed by atoms with Gasteiger partial charge in [0.05, 0.1) is 9.79 Å². The Morgan fingerprint density at radius 2 is 0.454 bits per heavy atom. The largest absolute Gasteiger partial charge is 2.00 e. The maximum atomic E-state index is 13.0. The van der Waals surface area contributed by atoms with Gasteiger partial charge in [-0.05, 0) is 24.3 Å². The van der Waals surface area contributed by atoms with Crippen LogP contribution in [0.25, 0.3) is 179 Å². The molecule has 0 atom stereocenters. The van der Waals surface area contributed by atoms with Crippen LogP contribution in [0.1, 0.15) is 0 Å². The van der Waals surface area contributed by atoms with Crippen LogP contribution >= 0.6 is 21.4 Å². The third-order valence-corrected chi connectivity index (χ3v) is 21.1. The Hall–Kier alpha value is -10.7. The van der Waals surface area contributed by atoms with Crippen molar-refractivity contribution in [2.24, 2.45) is 0 Å². The molecule has 4 N–H and O–H groups in total. The van der Waals surface area contributed by atoms with Gasteiger partial charge in [-0.2, -0.15) is 0 Å². The third-order valence-electron chi connectivity index (χ3n) is 16.3. The summed E-state index contributed by atoms with van der Waals surface area (Å²) in [6.45, 7) is 0. The van der Waals surface area contributed by atoms with Crippen molar-refractivity contribution in [3.63, 3.8) is 0 Å². The second-order valence-corrected chi connectivity index (χ2v) is 29.6. The van der Waals surface area contributed by atoms with Crippen LogP contribution in [0.15, 0.2) is 189 Å². The molecule has 4 aliphatic heterocycles. The van der Waals surface area contributed by atoms with Gasteiger partial charge >= 0.3 is 16.5 Å². The second kappa shape index (κ2) is 22.2. The predicted molar refractivity (Wildman–Crippen MR) is 354 cm³/mol. The maximum absolute atomic E-state index is 13.0. The smallest absolute Gasteiger partial charge is 0.744 e. The van der Waals surface area contributed by atoms with Crippen LogP contribution in [0.5, 0.6) is 0 Å². The molecule has 0 unspecified atom stereocenters. The van der Waals surface area contributed by atoms with Gasteiger partial charge in [-0.1, -0.05) is 146 Å². The van der Waals surface area contributed by atoms with Gasteiger partial charge in [-0.3, -0.25) is 0 Å². The molecule has 18 rings (SSSR count). The molecule has 33 heteroatoms. The summed E-state index contributed by atoms with van der Waals surface area (Å²) in [5.74, 6) is 2.09. The van der Waals surface area contributed by atoms with Gasteiger partial charge in [0.1, 0.15) is 75.2 Å². The number of halogens is 2. The van der Waals surface area contributed by atoms with Gasteiger partial charge in [0.2, 0.25) is 0 Å². The molecule has 0 radical (unpaired) electrons. The predicted octanol–water partition coefficient (Wildman–Crippen LogP) is 11.4. The number of hydrogen-bond donors (Lipinski definition) is 4. The molecule has 0 spiro atoms. The fourth-order valence-electron chi connectivity index (χ4n) is 12.2. The molecule has 0 aliphatic carbocycles. The summed E-state index contributed by atoms with van der Waals surface area (Å²) >= 11 is 0. The molecule has 14 aromatic rings. The van der Waals surface area contributed by atoms with Crippen molar-refractivity contribution in [1.82, 2.24) is 79.7 Å². The minimum absolute atomic E-state index is 0. The minimum Gasteiger partial charge on any atom is -0.744 e. The first-order chi connectivity index (χ1) is 46.1. The number of aromatic nitrogens is 16. The van der Waals surface area contributed by atoms with Gasteiger partial charge in [-0.15, -0.1) is 0 Å².